The molecule has 0 saturated heterocycles. The number of aromatic nitrogens is 2. The molecular weight excluding hydrogens is 312 g/mol. The van der Waals surface area contributed by atoms with Crippen molar-refractivity contribution in [3.8, 4) is 0 Å². The number of fused-ring (bicyclic) bond motifs is 4. The van der Waals surface area contributed by atoms with Crippen LogP contribution in [0.4, 0.5) is 0 Å². The first kappa shape index (κ1) is 12.7. The SMILES string of the molecule is Cc1ccc2scc3c2c1c1c2c(ccn32)c2ccccc2[n+]1C. The van der Waals surface area contributed by atoms with E-state index in [1.165, 1.54) is 53.9 Å². The molecule has 0 atom stereocenters. The highest BCUT2D eigenvalue weighted by Gasteiger charge is 2.24. The van der Waals surface area contributed by atoms with Gasteiger partial charge in [-0.1, -0.05) is 18.2 Å². The predicted octanol–water partition coefficient (Wildman–Crippen LogP) is 5.18. The number of pyridine rings is 2. The molecule has 0 N–H and O–H groups in total. The first-order valence-corrected chi connectivity index (χ1v) is 9.07. The highest BCUT2D eigenvalue weighted by molar-refractivity contribution is 7.18. The molecule has 0 saturated carbocycles. The van der Waals surface area contributed by atoms with E-state index in [0.29, 0.717) is 0 Å². The minimum atomic E-state index is 1.29. The minimum Gasteiger partial charge on any atom is -0.309 e. The summed E-state index contributed by atoms with van der Waals surface area (Å²) in [5, 5.41) is 7.75. The average molecular weight is 327 g/mol. The first-order valence-electron chi connectivity index (χ1n) is 8.19. The summed E-state index contributed by atoms with van der Waals surface area (Å²) in [7, 11) is 2.20. The van der Waals surface area contributed by atoms with Gasteiger partial charge in [-0.15, -0.1) is 11.3 Å². The number of nitrogens with zero attached hydrogens (tertiary/aromatic N) is 2. The molecule has 0 fully saturated rings. The molecule has 114 valence electrons. The topological polar surface area (TPSA) is 8.29 Å². The fraction of sp³-hybridized carbons (Fsp3) is 0.0952. The molecule has 3 heteroatoms. The van der Waals surface area contributed by atoms with Crippen LogP contribution in [0, 0.1) is 6.92 Å². The highest BCUT2D eigenvalue weighted by Crippen LogP contribution is 2.40. The number of benzene rings is 2. The lowest BCUT2D eigenvalue weighted by molar-refractivity contribution is -0.616. The zero-order valence-electron chi connectivity index (χ0n) is 13.5. The maximum Gasteiger partial charge on any atom is 0.238 e. The van der Waals surface area contributed by atoms with Crippen LogP contribution in [0.15, 0.2) is 54.0 Å². The number of hydrogen-bond donors (Lipinski definition) is 0. The standard InChI is InChI=1S/C21H15N2S/c1-12-7-8-17-19-16(11-24-17)23-10-9-14-13-5-3-4-6-15(13)22(2)21(18(12)19)20(14)23/h3-11H,1-2H3/q+1. The van der Waals surface area contributed by atoms with Crippen molar-refractivity contribution in [1.29, 1.82) is 0 Å². The summed E-state index contributed by atoms with van der Waals surface area (Å²) in [6, 6.07) is 15.5. The van der Waals surface area contributed by atoms with Crippen LogP contribution in [0.5, 0.6) is 0 Å². The summed E-state index contributed by atoms with van der Waals surface area (Å²) in [6.45, 7) is 2.23. The van der Waals surface area contributed by atoms with Gasteiger partial charge in [0.05, 0.1) is 16.3 Å². The van der Waals surface area contributed by atoms with Gasteiger partial charge < -0.3 is 4.40 Å². The van der Waals surface area contributed by atoms with Gasteiger partial charge in [-0.05, 0) is 30.7 Å². The Labute approximate surface area is 142 Å². The Morgan fingerprint density at radius 2 is 1.83 bits per heavy atom. The van der Waals surface area contributed by atoms with Crippen molar-refractivity contribution in [2.45, 2.75) is 6.92 Å². The Morgan fingerprint density at radius 3 is 2.75 bits per heavy atom. The van der Waals surface area contributed by atoms with Gasteiger partial charge in [-0.3, -0.25) is 0 Å². The van der Waals surface area contributed by atoms with Gasteiger partial charge >= 0.3 is 0 Å². The van der Waals surface area contributed by atoms with Gasteiger partial charge in [0.15, 0.2) is 0 Å². The van der Waals surface area contributed by atoms with E-state index in [2.05, 4.69) is 77.0 Å². The van der Waals surface area contributed by atoms with Crippen molar-refractivity contribution in [3.63, 3.8) is 0 Å². The van der Waals surface area contributed by atoms with E-state index < -0.39 is 0 Å². The third-order valence-electron chi connectivity index (χ3n) is 5.43. The summed E-state index contributed by atoms with van der Waals surface area (Å²) < 4.78 is 6.12. The van der Waals surface area contributed by atoms with E-state index in [1.807, 2.05) is 11.3 Å². The molecule has 0 aliphatic rings. The van der Waals surface area contributed by atoms with E-state index in [9.17, 15) is 0 Å². The molecule has 0 spiro atoms. The first-order chi connectivity index (χ1) is 11.8. The van der Waals surface area contributed by atoms with Crippen molar-refractivity contribution < 1.29 is 4.57 Å². The van der Waals surface area contributed by atoms with Crippen LogP contribution in [-0.4, -0.2) is 4.40 Å². The molecule has 6 aromatic rings. The summed E-state index contributed by atoms with van der Waals surface area (Å²) in [5.41, 5.74) is 6.63. The summed E-state index contributed by atoms with van der Waals surface area (Å²) in [4.78, 5) is 0. The number of para-hydroxylation sites is 1. The van der Waals surface area contributed by atoms with Crippen molar-refractivity contribution >= 4 is 59.6 Å². The van der Waals surface area contributed by atoms with Crippen LogP contribution in [-0.2, 0) is 7.05 Å². The van der Waals surface area contributed by atoms with E-state index in [-0.39, 0.29) is 0 Å². The molecule has 0 bridgehead atoms. The van der Waals surface area contributed by atoms with Crippen LogP contribution in [0.1, 0.15) is 5.56 Å². The van der Waals surface area contributed by atoms with Gasteiger partial charge in [0.25, 0.3) is 0 Å². The number of hydrogen-bond acceptors (Lipinski definition) is 1. The maximum absolute atomic E-state index is 2.38. The lowest BCUT2D eigenvalue weighted by Gasteiger charge is -2.10. The summed E-state index contributed by atoms with van der Waals surface area (Å²) in [5.74, 6) is 0. The maximum atomic E-state index is 2.38. The summed E-state index contributed by atoms with van der Waals surface area (Å²) in [6.07, 6.45) is 2.23. The molecule has 2 aromatic carbocycles. The van der Waals surface area contributed by atoms with Crippen molar-refractivity contribution in [1.82, 2.24) is 4.40 Å². The smallest absolute Gasteiger partial charge is 0.238 e. The van der Waals surface area contributed by atoms with Crippen LogP contribution in [0.25, 0.3) is 48.3 Å². The predicted molar refractivity (Wildman–Crippen MR) is 102 cm³/mol. The molecule has 0 aliphatic heterocycles. The van der Waals surface area contributed by atoms with Crippen molar-refractivity contribution in [2.75, 3.05) is 0 Å². The van der Waals surface area contributed by atoms with Crippen molar-refractivity contribution in [2.24, 2.45) is 7.05 Å². The summed E-state index contributed by atoms with van der Waals surface area (Å²) >= 11 is 1.84. The average Bonchev–Trinajstić information content (AvgIpc) is 3.22. The van der Waals surface area contributed by atoms with Gasteiger partial charge in [0.2, 0.25) is 11.0 Å². The normalized spacial score (nSPS) is 12.6. The molecule has 0 aliphatic carbocycles. The Morgan fingerprint density at radius 1 is 0.958 bits per heavy atom. The molecule has 24 heavy (non-hydrogen) atoms. The molecule has 6 rings (SSSR count). The number of thiophene rings is 1. The van der Waals surface area contributed by atoms with Gasteiger partial charge in [-0.2, -0.15) is 4.57 Å². The Balaban J connectivity index is 2.14. The van der Waals surface area contributed by atoms with Gasteiger partial charge in [-0.25, -0.2) is 0 Å². The molecule has 2 nitrogen and oxygen atoms in total. The number of aryl methyl sites for hydroxylation is 2. The highest BCUT2D eigenvalue weighted by atomic mass is 32.1. The van der Waals surface area contributed by atoms with Gasteiger partial charge in [0.1, 0.15) is 12.6 Å². The monoisotopic (exact) mass is 327 g/mol. The Hall–Kier alpha value is -2.65. The van der Waals surface area contributed by atoms with Crippen molar-refractivity contribution in [3.05, 3.63) is 59.6 Å². The molecule has 4 heterocycles. The fourth-order valence-corrected chi connectivity index (χ4v) is 5.29. The van der Waals surface area contributed by atoms with Crippen LogP contribution in [0.2, 0.25) is 0 Å². The van der Waals surface area contributed by atoms with Crippen LogP contribution < -0.4 is 4.57 Å². The van der Waals surface area contributed by atoms with E-state index in [4.69, 9.17) is 0 Å². The lowest BCUT2D eigenvalue weighted by atomic mass is 10.0. The zero-order chi connectivity index (χ0) is 16.0. The van der Waals surface area contributed by atoms with E-state index in [1.54, 1.807) is 0 Å². The third-order valence-corrected chi connectivity index (χ3v) is 6.36. The second kappa shape index (κ2) is 4.05. The third kappa shape index (κ3) is 1.28. The lowest BCUT2D eigenvalue weighted by Crippen LogP contribution is -2.30. The zero-order valence-corrected chi connectivity index (χ0v) is 14.3. The number of rotatable bonds is 0. The Bertz CT molecular complexity index is 1400. The molecule has 0 amide bonds. The van der Waals surface area contributed by atoms with E-state index in [0.717, 1.165) is 0 Å². The quantitative estimate of drug-likeness (QED) is 0.206. The van der Waals surface area contributed by atoms with Crippen LogP contribution in [0.3, 0.4) is 0 Å². The second-order valence-electron chi connectivity index (χ2n) is 6.62. The Kier molecular flexibility index (Phi) is 2.15. The van der Waals surface area contributed by atoms with Crippen LogP contribution >= 0.6 is 11.3 Å². The molecule has 0 radical (unpaired) electrons. The molecule has 4 aromatic heterocycles. The molecule has 0 unspecified atom stereocenters. The fourth-order valence-electron chi connectivity index (χ4n) is 4.35. The minimum absolute atomic E-state index is 1.29. The van der Waals surface area contributed by atoms with E-state index >= 15 is 0 Å². The van der Waals surface area contributed by atoms with Gasteiger partial charge in [0, 0.05) is 33.1 Å². The molecular formula is C21H15N2S+. The largest absolute Gasteiger partial charge is 0.309 e. The second-order valence-corrected chi connectivity index (χ2v) is 7.54.